The van der Waals surface area contributed by atoms with Crippen LogP contribution in [0.2, 0.25) is 0 Å². The van der Waals surface area contributed by atoms with Crippen LogP contribution in [-0.4, -0.2) is 16.2 Å². The van der Waals surface area contributed by atoms with E-state index < -0.39 is 5.97 Å². The van der Waals surface area contributed by atoms with E-state index in [2.05, 4.69) is 15.9 Å². The predicted molar refractivity (Wildman–Crippen MR) is 68.4 cm³/mol. The van der Waals surface area contributed by atoms with Crippen LogP contribution in [0.15, 0.2) is 10.5 Å². The molecule has 2 rings (SSSR count). The zero-order chi connectivity index (χ0) is 12.4. The Morgan fingerprint density at radius 2 is 1.94 bits per heavy atom. The van der Waals surface area contributed by atoms with Crippen molar-refractivity contribution in [3.63, 3.8) is 0 Å². The summed E-state index contributed by atoms with van der Waals surface area (Å²) in [5.74, 6) is -0.526. The predicted octanol–water partition coefficient (Wildman–Crippen LogP) is 3.05. The van der Waals surface area contributed by atoms with Gasteiger partial charge in [-0.2, -0.15) is 0 Å². The third-order valence-corrected chi connectivity index (χ3v) is 3.96. The van der Waals surface area contributed by atoms with Crippen molar-refractivity contribution >= 4 is 21.9 Å². The van der Waals surface area contributed by atoms with Gasteiger partial charge in [-0.3, -0.25) is 4.79 Å². The first-order valence-electron chi connectivity index (χ1n) is 5.83. The molecule has 0 heterocycles. The zero-order valence-electron chi connectivity index (χ0n) is 9.50. The lowest BCUT2D eigenvalue weighted by Crippen LogP contribution is -2.06. The van der Waals surface area contributed by atoms with Crippen molar-refractivity contribution in [3.8, 4) is 5.75 Å². The van der Waals surface area contributed by atoms with Crippen LogP contribution in [0.4, 0.5) is 0 Å². The Hall–Kier alpha value is -1.03. The van der Waals surface area contributed by atoms with Gasteiger partial charge in [-0.1, -0.05) is 15.9 Å². The van der Waals surface area contributed by atoms with E-state index in [1.807, 2.05) is 6.07 Å². The number of benzene rings is 1. The van der Waals surface area contributed by atoms with Gasteiger partial charge in [0.2, 0.25) is 0 Å². The highest BCUT2D eigenvalue weighted by Gasteiger charge is 2.19. The number of halogens is 1. The van der Waals surface area contributed by atoms with Crippen molar-refractivity contribution in [2.75, 3.05) is 0 Å². The summed E-state index contributed by atoms with van der Waals surface area (Å²) in [6.07, 6.45) is 4.56. The fourth-order valence-corrected chi connectivity index (χ4v) is 3.08. The van der Waals surface area contributed by atoms with E-state index in [4.69, 9.17) is 5.11 Å². The third kappa shape index (κ3) is 2.63. The standard InChI is InChI=1S/C13H15BrO3/c14-11-7-8(5-6-12(15)16)13(17)10-4-2-1-3-9(10)11/h7,17H,1-6H2,(H,15,16). The molecular formula is C13H15BrO3. The van der Waals surface area contributed by atoms with E-state index in [1.165, 1.54) is 5.56 Å². The summed E-state index contributed by atoms with van der Waals surface area (Å²) < 4.78 is 1.00. The van der Waals surface area contributed by atoms with Gasteiger partial charge < -0.3 is 10.2 Å². The molecule has 1 aliphatic rings. The van der Waals surface area contributed by atoms with E-state index in [1.54, 1.807) is 0 Å². The van der Waals surface area contributed by atoms with Crippen LogP contribution in [0.5, 0.6) is 5.75 Å². The molecule has 1 aliphatic carbocycles. The Morgan fingerprint density at radius 3 is 2.59 bits per heavy atom. The highest BCUT2D eigenvalue weighted by atomic mass is 79.9. The number of aryl methyl sites for hydroxylation is 1. The third-order valence-electron chi connectivity index (χ3n) is 3.26. The Kier molecular flexibility index (Phi) is 3.72. The number of hydrogen-bond donors (Lipinski definition) is 2. The van der Waals surface area contributed by atoms with Gasteiger partial charge in [-0.15, -0.1) is 0 Å². The fourth-order valence-electron chi connectivity index (χ4n) is 2.36. The number of phenolic OH excluding ortho intramolecular Hbond substituents is 1. The lowest BCUT2D eigenvalue weighted by Gasteiger charge is -2.20. The van der Waals surface area contributed by atoms with Crippen LogP contribution in [0.3, 0.4) is 0 Å². The summed E-state index contributed by atoms with van der Waals surface area (Å²) >= 11 is 3.52. The Morgan fingerprint density at radius 1 is 1.29 bits per heavy atom. The largest absolute Gasteiger partial charge is 0.507 e. The van der Waals surface area contributed by atoms with Crippen LogP contribution >= 0.6 is 15.9 Å². The topological polar surface area (TPSA) is 57.5 Å². The number of carbonyl (C=O) groups is 1. The van der Waals surface area contributed by atoms with E-state index in [-0.39, 0.29) is 6.42 Å². The molecule has 0 amide bonds. The zero-order valence-corrected chi connectivity index (χ0v) is 11.1. The molecule has 3 nitrogen and oxygen atoms in total. The Labute approximate surface area is 109 Å². The van der Waals surface area contributed by atoms with Crippen LogP contribution in [0, 0.1) is 0 Å². The van der Waals surface area contributed by atoms with Gasteiger partial charge in [-0.05, 0) is 54.9 Å². The van der Waals surface area contributed by atoms with E-state index in [0.29, 0.717) is 12.2 Å². The van der Waals surface area contributed by atoms with E-state index >= 15 is 0 Å². The summed E-state index contributed by atoms with van der Waals surface area (Å²) in [4.78, 5) is 10.6. The van der Waals surface area contributed by atoms with Crippen molar-refractivity contribution in [2.45, 2.75) is 38.5 Å². The second-order valence-corrected chi connectivity index (χ2v) is 5.28. The second-order valence-electron chi connectivity index (χ2n) is 4.42. The minimum absolute atomic E-state index is 0.0544. The highest BCUT2D eigenvalue weighted by Crippen LogP contribution is 2.37. The molecule has 0 bridgehead atoms. The van der Waals surface area contributed by atoms with Crippen LogP contribution in [0.25, 0.3) is 0 Å². The van der Waals surface area contributed by atoms with Crippen molar-refractivity contribution in [1.82, 2.24) is 0 Å². The normalized spacial score (nSPS) is 14.4. The monoisotopic (exact) mass is 298 g/mol. The number of aromatic hydroxyl groups is 1. The summed E-state index contributed by atoms with van der Waals surface area (Å²) in [5, 5.41) is 18.8. The Balaban J connectivity index is 2.34. The number of carboxylic acid groups (broad SMARTS) is 1. The average Bonchev–Trinajstić information content (AvgIpc) is 2.32. The number of fused-ring (bicyclic) bond motifs is 1. The van der Waals surface area contributed by atoms with Gasteiger partial charge in [0.1, 0.15) is 5.75 Å². The maximum absolute atomic E-state index is 10.6. The van der Waals surface area contributed by atoms with Crippen molar-refractivity contribution in [3.05, 3.63) is 27.2 Å². The van der Waals surface area contributed by atoms with Gasteiger partial charge in [0, 0.05) is 10.9 Å². The number of rotatable bonds is 3. The molecule has 1 aromatic carbocycles. The van der Waals surface area contributed by atoms with Gasteiger partial charge in [0.05, 0.1) is 0 Å². The molecule has 0 radical (unpaired) electrons. The van der Waals surface area contributed by atoms with Crippen molar-refractivity contribution in [2.24, 2.45) is 0 Å². The van der Waals surface area contributed by atoms with Crippen molar-refractivity contribution in [1.29, 1.82) is 0 Å². The number of carboxylic acids is 1. The lowest BCUT2D eigenvalue weighted by atomic mass is 9.88. The quantitative estimate of drug-likeness (QED) is 0.902. The molecule has 0 saturated heterocycles. The fraction of sp³-hybridized carbons (Fsp3) is 0.462. The smallest absolute Gasteiger partial charge is 0.303 e. The molecule has 1 aromatic rings. The molecule has 0 aliphatic heterocycles. The first-order chi connectivity index (χ1) is 8.09. The van der Waals surface area contributed by atoms with Gasteiger partial charge in [-0.25, -0.2) is 0 Å². The number of aliphatic carboxylic acids is 1. The summed E-state index contributed by atoms with van der Waals surface area (Å²) in [6, 6.07) is 1.86. The maximum Gasteiger partial charge on any atom is 0.303 e. The molecule has 0 saturated carbocycles. The molecule has 17 heavy (non-hydrogen) atoms. The van der Waals surface area contributed by atoms with Gasteiger partial charge in [0.15, 0.2) is 0 Å². The van der Waals surface area contributed by atoms with Crippen molar-refractivity contribution < 1.29 is 15.0 Å². The minimum atomic E-state index is -0.835. The molecule has 92 valence electrons. The maximum atomic E-state index is 10.6. The average molecular weight is 299 g/mol. The number of phenols is 1. The van der Waals surface area contributed by atoms with Crippen LogP contribution in [0.1, 0.15) is 36.0 Å². The lowest BCUT2D eigenvalue weighted by molar-refractivity contribution is -0.136. The molecule has 4 heteroatoms. The van der Waals surface area contributed by atoms with Crippen LogP contribution < -0.4 is 0 Å². The minimum Gasteiger partial charge on any atom is -0.507 e. The molecule has 2 N–H and O–H groups in total. The summed E-state index contributed by atoms with van der Waals surface area (Å²) in [6.45, 7) is 0. The molecule has 0 spiro atoms. The molecule has 0 atom stereocenters. The first kappa shape index (κ1) is 12.4. The highest BCUT2D eigenvalue weighted by molar-refractivity contribution is 9.10. The molecular weight excluding hydrogens is 284 g/mol. The van der Waals surface area contributed by atoms with Crippen LogP contribution in [-0.2, 0) is 24.1 Å². The van der Waals surface area contributed by atoms with Gasteiger partial charge in [0.25, 0.3) is 0 Å². The van der Waals surface area contributed by atoms with E-state index in [9.17, 15) is 9.90 Å². The molecule has 0 fully saturated rings. The first-order valence-corrected chi connectivity index (χ1v) is 6.62. The SMILES string of the molecule is O=C(O)CCc1cc(Br)c2c(c1O)CCCC2. The Bertz CT molecular complexity index is 454. The van der Waals surface area contributed by atoms with Gasteiger partial charge >= 0.3 is 5.97 Å². The summed E-state index contributed by atoms with van der Waals surface area (Å²) in [5.41, 5.74) is 2.93. The summed E-state index contributed by atoms with van der Waals surface area (Å²) in [7, 11) is 0. The second kappa shape index (κ2) is 5.08. The molecule has 0 aromatic heterocycles. The number of hydrogen-bond acceptors (Lipinski definition) is 2. The van der Waals surface area contributed by atoms with E-state index in [0.717, 1.165) is 41.3 Å². The molecule has 0 unspecified atom stereocenters.